The van der Waals surface area contributed by atoms with Crippen molar-refractivity contribution in [1.29, 1.82) is 0 Å². The van der Waals surface area contributed by atoms with Crippen LogP contribution in [0.1, 0.15) is 306 Å². The van der Waals surface area contributed by atoms with Crippen LogP contribution in [0.5, 0.6) is 0 Å². The van der Waals surface area contributed by atoms with Crippen LogP contribution >= 0.6 is 15.6 Å². The molecule has 0 bridgehead atoms. The summed E-state index contributed by atoms with van der Waals surface area (Å²) in [6, 6.07) is 0. The monoisotopic (exact) mass is 1230 g/mol. The number of aliphatic hydroxyl groups is 1. The smallest absolute Gasteiger partial charge is 0.462 e. The van der Waals surface area contributed by atoms with Gasteiger partial charge in [-0.15, -0.1) is 0 Å². The highest BCUT2D eigenvalue weighted by molar-refractivity contribution is 7.47. The van der Waals surface area contributed by atoms with Crippen molar-refractivity contribution < 1.29 is 80.2 Å². The molecule has 0 aromatic rings. The van der Waals surface area contributed by atoms with Crippen molar-refractivity contribution in [2.45, 2.75) is 324 Å². The molecule has 3 unspecified atom stereocenters. The van der Waals surface area contributed by atoms with E-state index in [0.29, 0.717) is 37.5 Å². The van der Waals surface area contributed by atoms with Crippen molar-refractivity contribution in [3.05, 3.63) is 0 Å². The van der Waals surface area contributed by atoms with Crippen LogP contribution in [0.2, 0.25) is 0 Å². The molecule has 6 atom stereocenters. The summed E-state index contributed by atoms with van der Waals surface area (Å²) in [5, 5.41) is 10.5. The lowest BCUT2D eigenvalue weighted by atomic mass is 9.99. The first-order chi connectivity index (χ1) is 39.6. The van der Waals surface area contributed by atoms with E-state index in [1.54, 1.807) is 0 Å². The predicted octanol–water partition coefficient (Wildman–Crippen LogP) is 17.4. The van der Waals surface area contributed by atoms with Crippen LogP contribution in [-0.4, -0.2) is 96.7 Å². The van der Waals surface area contributed by atoms with E-state index in [0.717, 1.165) is 108 Å². The van der Waals surface area contributed by atoms with Crippen molar-refractivity contribution in [2.24, 2.45) is 23.7 Å². The van der Waals surface area contributed by atoms with E-state index in [9.17, 15) is 43.2 Å². The second-order valence-electron chi connectivity index (χ2n) is 24.8. The third-order valence-electron chi connectivity index (χ3n) is 14.9. The third-order valence-corrected chi connectivity index (χ3v) is 16.8. The Hall–Kier alpha value is -1.94. The molecule has 0 heterocycles. The highest BCUT2D eigenvalue weighted by atomic mass is 31.2. The Balaban J connectivity index is 5.26. The summed E-state index contributed by atoms with van der Waals surface area (Å²) in [4.78, 5) is 72.2. The molecular weight excluding hydrogens is 1100 g/mol. The number of unbranched alkanes of at least 4 members (excludes halogenated alkanes) is 26. The van der Waals surface area contributed by atoms with Gasteiger partial charge in [0.15, 0.2) is 12.2 Å². The highest BCUT2D eigenvalue weighted by Gasteiger charge is 2.30. The summed E-state index contributed by atoms with van der Waals surface area (Å²) in [6.45, 7) is 13.9. The van der Waals surface area contributed by atoms with E-state index < -0.39 is 97.5 Å². The van der Waals surface area contributed by atoms with Crippen molar-refractivity contribution in [2.75, 3.05) is 39.6 Å². The number of hydrogen-bond acceptors (Lipinski definition) is 15. The van der Waals surface area contributed by atoms with Gasteiger partial charge in [-0.1, -0.05) is 254 Å². The fourth-order valence-corrected chi connectivity index (χ4v) is 11.0. The minimum Gasteiger partial charge on any atom is -0.462 e. The molecule has 3 N–H and O–H groups in total. The number of phosphoric ester groups is 2. The Bertz CT molecular complexity index is 1660. The fourth-order valence-electron chi connectivity index (χ4n) is 9.40. The van der Waals surface area contributed by atoms with Crippen LogP contribution < -0.4 is 0 Å². The fraction of sp³-hybridized carbons (Fsp3) is 0.938. The zero-order chi connectivity index (χ0) is 61.8. The summed E-state index contributed by atoms with van der Waals surface area (Å²) in [7, 11) is -9.89. The van der Waals surface area contributed by atoms with E-state index in [2.05, 4.69) is 55.4 Å². The first-order valence-electron chi connectivity index (χ1n) is 33.2. The van der Waals surface area contributed by atoms with Crippen LogP contribution in [-0.2, 0) is 65.4 Å². The maximum atomic E-state index is 13.0. The molecule has 0 saturated heterocycles. The average molecular weight is 1230 g/mol. The Kier molecular flexibility index (Phi) is 53.0. The highest BCUT2D eigenvalue weighted by Crippen LogP contribution is 2.45. The minimum atomic E-state index is -4.95. The summed E-state index contributed by atoms with van der Waals surface area (Å²) in [6.07, 6.45) is 33.7. The third kappa shape index (κ3) is 57.6. The summed E-state index contributed by atoms with van der Waals surface area (Å²) < 4.78 is 68.0. The molecule has 0 rings (SSSR count). The first-order valence-corrected chi connectivity index (χ1v) is 36.2. The maximum Gasteiger partial charge on any atom is 0.472 e. The lowest BCUT2D eigenvalue weighted by molar-refractivity contribution is -0.161. The van der Waals surface area contributed by atoms with Gasteiger partial charge < -0.3 is 33.8 Å². The zero-order valence-corrected chi connectivity index (χ0v) is 55.6. The van der Waals surface area contributed by atoms with Crippen LogP contribution in [0.15, 0.2) is 0 Å². The van der Waals surface area contributed by atoms with Crippen molar-refractivity contribution in [1.82, 2.24) is 0 Å². The Morgan fingerprint density at radius 2 is 0.578 bits per heavy atom. The Labute approximate surface area is 505 Å². The predicted molar refractivity (Wildman–Crippen MR) is 331 cm³/mol. The van der Waals surface area contributed by atoms with Crippen LogP contribution in [0, 0.1) is 23.7 Å². The van der Waals surface area contributed by atoms with Crippen LogP contribution in [0.25, 0.3) is 0 Å². The SMILES string of the molecule is CCC(C)CCCCCCCCCCC(=O)OC[C@H](COP(=O)(O)OC[C@@H](O)COP(=O)(O)OC[C@@H](COC(=O)CCCCCCCCC(C)C)OC(=O)CCCCCCCCCC(C)C)OC(=O)CCCCCCCCCCCC(C)C. The van der Waals surface area contributed by atoms with Gasteiger partial charge in [0.05, 0.1) is 26.4 Å². The van der Waals surface area contributed by atoms with E-state index in [-0.39, 0.29) is 25.7 Å². The molecule has 17 nitrogen and oxygen atoms in total. The second-order valence-corrected chi connectivity index (χ2v) is 27.7. The van der Waals surface area contributed by atoms with Gasteiger partial charge in [0, 0.05) is 25.7 Å². The normalized spacial score (nSPS) is 14.8. The number of phosphoric acid groups is 2. The molecule has 0 aromatic heterocycles. The molecule has 0 aromatic carbocycles. The molecule has 83 heavy (non-hydrogen) atoms. The van der Waals surface area contributed by atoms with Crippen molar-refractivity contribution >= 4 is 39.5 Å². The molecule has 492 valence electrons. The molecule has 0 aliphatic carbocycles. The molecule has 19 heteroatoms. The van der Waals surface area contributed by atoms with Crippen molar-refractivity contribution in [3.63, 3.8) is 0 Å². The molecule has 0 spiro atoms. The minimum absolute atomic E-state index is 0.102. The Morgan fingerprint density at radius 3 is 0.855 bits per heavy atom. The van der Waals surface area contributed by atoms with E-state index >= 15 is 0 Å². The zero-order valence-electron chi connectivity index (χ0n) is 53.8. The summed E-state index contributed by atoms with van der Waals surface area (Å²) >= 11 is 0. The second kappa shape index (κ2) is 54.2. The van der Waals surface area contributed by atoms with Gasteiger partial charge in [-0.25, -0.2) is 9.13 Å². The molecule has 0 saturated carbocycles. The molecular formula is C64H124O17P2. The van der Waals surface area contributed by atoms with E-state index in [1.807, 2.05) is 0 Å². The number of rotatable bonds is 61. The standard InChI is InChI=1S/C64H124O17P2/c1-9-57(8)43-35-27-18-13-14-19-28-36-44-61(66)74-50-59(80-63(68)46-38-30-20-12-10-11-16-24-32-40-54(2)3)52-78-82(70,71)76-48-58(65)49-77-83(72,73)79-53-60(51-75-62(67)45-37-29-23-22-26-34-42-56(6)7)81-64(69)47-39-31-21-15-17-25-33-41-55(4)5/h54-60,65H,9-53H2,1-8H3,(H,70,71)(H,72,73)/t57?,58-,59-,60-/m1/s1. The molecule has 0 amide bonds. The Morgan fingerprint density at radius 1 is 0.337 bits per heavy atom. The number of ether oxygens (including phenoxy) is 4. The van der Waals surface area contributed by atoms with Gasteiger partial charge in [-0.2, -0.15) is 0 Å². The lowest BCUT2D eigenvalue weighted by Crippen LogP contribution is -2.30. The topological polar surface area (TPSA) is 237 Å². The van der Waals surface area contributed by atoms with Crippen molar-refractivity contribution in [3.8, 4) is 0 Å². The number of carbonyl (C=O) groups excluding carboxylic acids is 4. The van der Waals surface area contributed by atoms with Crippen LogP contribution in [0.4, 0.5) is 0 Å². The average Bonchev–Trinajstić information content (AvgIpc) is 3.44. The van der Waals surface area contributed by atoms with Gasteiger partial charge in [0.1, 0.15) is 19.3 Å². The van der Waals surface area contributed by atoms with Gasteiger partial charge >= 0.3 is 39.5 Å². The molecule has 0 fully saturated rings. The number of esters is 4. The first kappa shape index (κ1) is 81.1. The quantitative estimate of drug-likeness (QED) is 0.0222. The van der Waals surface area contributed by atoms with Gasteiger partial charge in [-0.05, 0) is 49.4 Å². The van der Waals surface area contributed by atoms with E-state index in [4.69, 9.17) is 37.0 Å². The summed E-state index contributed by atoms with van der Waals surface area (Å²) in [5.74, 6) is 0.747. The number of carbonyl (C=O) groups is 4. The molecule has 0 aliphatic heterocycles. The lowest BCUT2D eigenvalue weighted by Gasteiger charge is -2.21. The summed E-state index contributed by atoms with van der Waals surface area (Å²) in [5.41, 5.74) is 0. The largest absolute Gasteiger partial charge is 0.472 e. The number of aliphatic hydroxyl groups excluding tert-OH is 1. The van der Waals surface area contributed by atoms with Gasteiger partial charge in [0.25, 0.3) is 0 Å². The molecule has 0 radical (unpaired) electrons. The molecule has 0 aliphatic rings. The van der Waals surface area contributed by atoms with Gasteiger partial charge in [-0.3, -0.25) is 37.3 Å². The van der Waals surface area contributed by atoms with Crippen LogP contribution in [0.3, 0.4) is 0 Å². The number of hydrogen-bond donors (Lipinski definition) is 3. The maximum absolute atomic E-state index is 13.0. The van der Waals surface area contributed by atoms with Gasteiger partial charge in [0.2, 0.25) is 0 Å². The van der Waals surface area contributed by atoms with E-state index in [1.165, 1.54) is 103 Å².